The molecule has 0 aromatic rings. The van der Waals surface area contributed by atoms with E-state index in [-0.39, 0.29) is 17.9 Å². The second-order valence-corrected chi connectivity index (χ2v) is 5.97. The number of amides is 1. The van der Waals surface area contributed by atoms with Crippen LogP contribution in [0.4, 0.5) is 0 Å². The van der Waals surface area contributed by atoms with Crippen LogP contribution in [0.2, 0.25) is 0 Å². The Labute approximate surface area is 105 Å². The van der Waals surface area contributed by atoms with E-state index in [1.807, 2.05) is 0 Å². The van der Waals surface area contributed by atoms with Crippen molar-refractivity contribution in [2.75, 3.05) is 0 Å². The van der Waals surface area contributed by atoms with E-state index in [0.717, 1.165) is 25.7 Å². The van der Waals surface area contributed by atoms with Gasteiger partial charge in [0.25, 0.3) is 0 Å². The van der Waals surface area contributed by atoms with Gasteiger partial charge in [0.2, 0.25) is 5.91 Å². The van der Waals surface area contributed by atoms with Crippen LogP contribution in [-0.4, -0.2) is 18.0 Å². The third kappa shape index (κ3) is 3.44. The summed E-state index contributed by atoms with van der Waals surface area (Å²) in [5, 5.41) is 3.22. The van der Waals surface area contributed by atoms with Gasteiger partial charge in [-0.05, 0) is 44.9 Å². The van der Waals surface area contributed by atoms with Crippen LogP contribution in [0.15, 0.2) is 0 Å². The van der Waals surface area contributed by atoms with Crippen molar-refractivity contribution >= 4 is 5.91 Å². The van der Waals surface area contributed by atoms with Crippen molar-refractivity contribution in [2.45, 2.75) is 70.4 Å². The molecule has 3 heteroatoms. The molecule has 0 bridgehead atoms. The molecule has 0 saturated heterocycles. The molecule has 2 aliphatic carbocycles. The number of rotatable bonds is 3. The molecule has 3 nitrogen and oxygen atoms in total. The lowest BCUT2D eigenvalue weighted by Crippen LogP contribution is -2.43. The van der Waals surface area contributed by atoms with Crippen molar-refractivity contribution in [3.05, 3.63) is 0 Å². The van der Waals surface area contributed by atoms with Crippen LogP contribution in [0.5, 0.6) is 0 Å². The summed E-state index contributed by atoms with van der Waals surface area (Å²) in [6.45, 7) is 2.16. The molecule has 3 unspecified atom stereocenters. The van der Waals surface area contributed by atoms with Gasteiger partial charge in [-0.25, -0.2) is 0 Å². The molecule has 0 spiro atoms. The molecule has 0 heterocycles. The first kappa shape index (κ1) is 12.9. The van der Waals surface area contributed by atoms with E-state index >= 15 is 0 Å². The number of nitrogens with one attached hydrogen (secondary N) is 1. The number of carbonyl (C=O) groups excluding carboxylic acids is 1. The quantitative estimate of drug-likeness (QED) is 0.792. The molecule has 17 heavy (non-hydrogen) atoms. The van der Waals surface area contributed by atoms with Crippen molar-refractivity contribution in [3.63, 3.8) is 0 Å². The summed E-state index contributed by atoms with van der Waals surface area (Å²) in [4.78, 5) is 12.1. The topological polar surface area (TPSA) is 55.1 Å². The average Bonchev–Trinajstić information content (AvgIpc) is 2.82. The molecule has 2 rings (SSSR count). The Morgan fingerprint density at radius 1 is 1.18 bits per heavy atom. The molecule has 0 radical (unpaired) electrons. The van der Waals surface area contributed by atoms with Crippen LogP contribution >= 0.6 is 0 Å². The minimum Gasteiger partial charge on any atom is -0.353 e. The normalized spacial score (nSPS) is 32.4. The van der Waals surface area contributed by atoms with Gasteiger partial charge < -0.3 is 11.1 Å². The summed E-state index contributed by atoms with van der Waals surface area (Å²) >= 11 is 0. The first-order valence-corrected chi connectivity index (χ1v) is 7.22. The highest BCUT2D eigenvalue weighted by Gasteiger charge is 2.28. The van der Waals surface area contributed by atoms with E-state index in [4.69, 9.17) is 5.73 Å². The molecular weight excluding hydrogens is 212 g/mol. The Hall–Kier alpha value is -0.570. The number of nitrogens with two attached hydrogens (primary N) is 1. The van der Waals surface area contributed by atoms with Crippen LogP contribution in [-0.2, 0) is 4.79 Å². The molecule has 0 aromatic heterocycles. The lowest BCUT2D eigenvalue weighted by Gasteiger charge is -2.28. The summed E-state index contributed by atoms with van der Waals surface area (Å²) in [5.74, 6) is 1.12. The van der Waals surface area contributed by atoms with Gasteiger partial charge in [-0.3, -0.25) is 4.79 Å². The molecule has 2 saturated carbocycles. The van der Waals surface area contributed by atoms with Crippen molar-refractivity contribution in [1.82, 2.24) is 5.32 Å². The maximum atomic E-state index is 12.1. The SMILES string of the molecule is CC(NC(=O)C1CCCC(N)C1)C1CCCC1. The highest BCUT2D eigenvalue weighted by Crippen LogP contribution is 2.28. The molecule has 3 N–H and O–H groups in total. The van der Waals surface area contributed by atoms with Gasteiger partial charge in [-0.15, -0.1) is 0 Å². The summed E-state index contributed by atoms with van der Waals surface area (Å²) in [7, 11) is 0. The van der Waals surface area contributed by atoms with E-state index in [9.17, 15) is 4.79 Å². The summed E-state index contributed by atoms with van der Waals surface area (Å²) in [5.41, 5.74) is 5.94. The molecule has 0 aliphatic heterocycles. The third-order valence-electron chi connectivity index (χ3n) is 4.56. The summed E-state index contributed by atoms with van der Waals surface area (Å²) < 4.78 is 0. The highest BCUT2D eigenvalue weighted by atomic mass is 16.1. The first-order chi connectivity index (χ1) is 8.16. The standard InChI is InChI=1S/C14H26N2O/c1-10(11-5-2-3-6-11)16-14(17)12-7-4-8-13(15)9-12/h10-13H,2-9,15H2,1H3,(H,16,17). The number of hydrogen-bond acceptors (Lipinski definition) is 2. The van der Waals surface area contributed by atoms with Gasteiger partial charge >= 0.3 is 0 Å². The van der Waals surface area contributed by atoms with Gasteiger partial charge in [0.1, 0.15) is 0 Å². The molecule has 3 atom stereocenters. The highest BCUT2D eigenvalue weighted by molar-refractivity contribution is 5.79. The van der Waals surface area contributed by atoms with Gasteiger partial charge in [0, 0.05) is 18.0 Å². The Morgan fingerprint density at radius 2 is 1.88 bits per heavy atom. The van der Waals surface area contributed by atoms with E-state index in [1.165, 1.54) is 25.7 Å². The van der Waals surface area contributed by atoms with Crippen LogP contribution in [0.1, 0.15) is 58.3 Å². The monoisotopic (exact) mass is 238 g/mol. The Kier molecular flexibility index (Phi) is 4.43. The molecule has 0 aromatic carbocycles. The van der Waals surface area contributed by atoms with Crippen molar-refractivity contribution < 1.29 is 4.79 Å². The van der Waals surface area contributed by atoms with Gasteiger partial charge in [0.05, 0.1) is 0 Å². The molecule has 2 fully saturated rings. The fourth-order valence-electron chi connectivity index (χ4n) is 3.38. The molecule has 1 amide bonds. The molecule has 2 aliphatic rings. The minimum absolute atomic E-state index is 0.169. The number of hydrogen-bond donors (Lipinski definition) is 2. The Morgan fingerprint density at radius 3 is 2.53 bits per heavy atom. The lowest BCUT2D eigenvalue weighted by molar-refractivity contribution is -0.127. The predicted octanol–water partition coefficient (Wildman–Crippen LogP) is 2.20. The maximum absolute atomic E-state index is 12.1. The smallest absolute Gasteiger partial charge is 0.223 e. The summed E-state index contributed by atoms with van der Waals surface area (Å²) in [6, 6.07) is 0.587. The van der Waals surface area contributed by atoms with E-state index in [1.54, 1.807) is 0 Å². The average molecular weight is 238 g/mol. The summed E-state index contributed by atoms with van der Waals surface area (Å²) in [6.07, 6.45) is 9.33. The second-order valence-electron chi connectivity index (χ2n) is 5.97. The van der Waals surface area contributed by atoms with Crippen LogP contribution in [0, 0.1) is 11.8 Å². The fourth-order valence-corrected chi connectivity index (χ4v) is 3.38. The van der Waals surface area contributed by atoms with Crippen LogP contribution in [0.25, 0.3) is 0 Å². The van der Waals surface area contributed by atoms with E-state index < -0.39 is 0 Å². The Bertz CT molecular complexity index is 261. The zero-order valence-electron chi connectivity index (χ0n) is 11.0. The van der Waals surface area contributed by atoms with Crippen LogP contribution < -0.4 is 11.1 Å². The largest absolute Gasteiger partial charge is 0.353 e. The minimum atomic E-state index is 0.169. The maximum Gasteiger partial charge on any atom is 0.223 e. The molecule has 98 valence electrons. The number of carbonyl (C=O) groups is 1. The zero-order chi connectivity index (χ0) is 12.3. The first-order valence-electron chi connectivity index (χ1n) is 7.22. The zero-order valence-corrected chi connectivity index (χ0v) is 11.0. The third-order valence-corrected chi connectivity index (χ3v) is 4.56. The van der Waals surface area contributed by atoms with E-state index in [0.29, 0.717) is 12.0 Å². The fraction of sp³-hybridized carbons (Fsp3) is 0.929. The lowest BCUT2D eigenvalue weighted by atomic mass is 9.85. The van der Waals surface area contributed by atoms with E-state index in [2.05, 4.69) is 12.2 Å². The van der Waals surface area contributed by atoms with Crippen molar-refractivity contribution in [1.29, 1.82) is 0 Å². The van der Waals surface area contributed by atoms with Crippen molar-refractivity contribution in [3.8, 4) is 0 Å². The van der Waals surface area contributed by atoms with Crippen LogP contribution in [0.3, 0.4) is 0 Å². The second kappa shape index (κ2) is 5.85. The Balaban J connectivity index is 1.79. The van der Waals surface area contributed by atoms with Gasteiger partial charge in [0.15, 0.2) is 0 Å². The van der Waals surface area contributed by atoms with Crippen molar-refractivity contribution in [2.24, 2.45) is 17.6 Å². The molecular formula is C14H26N2O. The van der Waals surface area contributed by atoms with Gasteiger partial charge in [-0.1, -0.05) is 19.3 Å². The van der Waals surface area contributed by atoms with Gasteiger partial charge in [-0.2, -0.15) is 0 Å². The predicted molar refractivity (Wildman–Crippen MR) is 69.5 cm³/mol.